The quantitative estimate of drug-likeness (QED) is 0.285. The number of carbonyl (C=O) groups is 1. The number of aliphatic hydroxyl groups is 1. The first-order valence-corrected chi connectivity index (χ1v) is 9.63. The second-order valence-corrected chi connectivity index (χ2v) is 7.96. The average molecular weight is 439 g/mol. The molecule has 0 aliphatic carbocycles. The maximum atomic E-state index is 12.4. The summed E-state index contributed by atoms with van der Waals surface area (Å²) in [6.07, 6.45) is 0.367. The second-order valence-electron chi connectivity index (χ2n) is 7.09. The maximum absolute atomic E-state index is 12.4. The van der Waals surface area contributed by atoms with Crippen LogP contribution in [0.5, 0.6) is 0 Å². The number of urea groups is 1. The van der Waals surface area contributed by atoms with E-state index in [-0.39, 0.29) is 12.4 Å². The van der Waals surface area contributed by atoms with Crippen molar-refractivity contribution in [2.45, 2.75) is 31.9 Å². The van der Waals surface area contributed by atoms with Crippen molar-refractivity contribution in [3.05, 3.63) is 64.1 Å². The van der Waals surface area contributed by atoms with Crippen molar-refractivity contribution in [2.24, 2.45) is 10.9 Å². The van der Waals surface area contributed by atoms with Crippen molar-refractivity contribution in [1.29, 1.82) is 0 Å². The summed E-state index contributed by atoms with van der Waals surface area (Å²) >= 11 is 11.8. The molecule has 0 aliphatic heterocycles. The molecular weight excluding hydrogens is 415 g/mol. The Bertz CT molecular complexity index is 834. The highest BCUT2D eigenvalue weighted by molar-refractivity contribution is 6.30. The van der Waals surface area contributed by atoms with E-state index in [9.17, 15) is 9.90 Å². The van der Waals surface area contributed by atoms with Gasteiger partial charge in [-0.1, -0.05) is 40.5 Å². The van der Waals surface area contributed by atoms with Crippen molar-refractivity contribution < 1.29 is 14.7 Å². The van der Waals surface area contributed by atoms with E-state index >= 15 is 0 Å². The van der Waals surface area contributed by atoms with Crippen molar-refractivity contribution in [2.75, 3.05) is 11.9 Å². The van der Waals surface area contributed by atoms with E-state index in [4.69, 9.17) is 33.8 Å². The highest BCUT2D eigenvalue weighted by Gasteiger charge is 2.19. The SMILES string of the molecule is CC(C)(O)CO/N=C(\N)C(Cc1ccc(Cl)cc1)NC(=O)Nc1ccc(Cl)cc1. The number of amidine groups is 1. The maximum Gasteiger partial charge on any atom is 0.319 e. The number of nitrogens with two attached hydrogens (primary N) is 1. The van der Waals surface area contributed by atoms with E-state index < -0.39 is 17.7 Å². The molecule has 5 N–H and O–H groups in total. The van der Waals surface area contributed by atoms with Gasteiger partial charge in [0.25, 0.3) is 0 Å². The summed E-state index contributed by atoms with van der Waals surface area (Å²) in [6, 6.07) is 12.8. The van der Waals surface area contributed by atoms with Crippen LogP contribution in [0.25, 0.3) is 0 Å². The smallest absolute Gasteiger partial charge is 0.319 e. The number of amides is 2. The van der Waals surface area contributed by atoms with Crippen LogP contribution in [0.1, 0.15) is 19.4 Å². The third-order valence-electron chi connectivity index (χ3n) is 3.71. The molecule has 0 saturated heterocycles. The Hall–Kier alpha value is -2.48. The Morgan fingerprint density at radius 2 is 1.69 bits per heavy atom. The number of rotatable bonds is 8. The van der Waals surface area contributed by atoms with Gasteiger partial charge < -0.3 is 26.3 Å². The molecular formula is C20H24Cl2N4O3. The van der Waals surface area contributed by atoms with Crippen LogP contribution in [0.15, 0.2) is 53.7 Å². The van der Waals surface area contributed by atoms with E-state index in [1.54, 1.807) is 50.2 Å². The Morgan fingerprint density at radius 1 is 1.14 bits per heavy atom. The molecule has 29 heavy (non-hydrogen) atoms. The predicted molar refractivity (Wildman–Crippen MR) is 116 cm³/mol. The lowest BCUT2D eigenvalue weighted by atomic mass is 10.1. The number of benzene rings is 2. The highest BCUT2D eigenvalue weighted by Crippen LogP contribution is 2.14. The molecule has 1 atom stereocenters. The van der Waals surface area contributed by atoms with Crippen LogP contribution in [0.2, 0.25) is 10.0 Å². The van der Waals surface area contributed by atoms with Gasteiger partial charge in [-0.2, -0.15) is 0 Å². The number of oxime groups is 1. The van der Waals surface area contributed by atoms with Gasteiger partial charge in [0.2, 0.25) is 0 Å². The summed E-state index contributed by atoms with van der Waals surface area (Å²) in [5, 5.41) is 20.2. The van der Waals surface area contributed by atoms with E-state index in [2.05, 4.69) is 15.8 Å². The van der Waals surface area contributed by atoms with Crippen LogP contribution in [-0.4, -0.2) is 35.2 Å². The third kappa shape index (κ3) is 8.60. The summed E-state index contributed by atoms with van der Waals surface area (Å²) in [6.45, 7) is 3.13. The van der Waals surface area contributed by atoms with Crippen LogP contribution in [0.4, 0.5) is 10.5 Å². The molecule has 0 saturated carbocycles. The van der Waals surface area contributed by atoms with E-state index in [1.807, 2.05) is 12.1 Å². The average Bonchev–Trinajstić information content (AvgIpc) is 2.63. The molecule has 2 aromatic carbocycles. The Labute approximate surface area is 179 Å². The minimum Gasteiger partial charge on any atom is -0.391 e. The van der Waals surface area contributed by atoms with Crippen molar-refractivity contribution in [3.63, 3.8) is 0 Å². The summed E-state index contributed by atoms with van der Waals surface area (Å²) in [4.78, 5) is 17.5. The Kier molecular flexibility index (Phi) is 8.13. The number of anilines is 1. The van der Waals surface area contributed by atoms with Gasteiger partial charge in [-0.25, -0.2) is 4.79 Å². The monoisotopic (exact) mass is 438 g/mol. The first-order chi connectivity index (χ1) is 13.6. The molecule has 0 heterocycles. The number of halogens is 2. The molecule has 1 unspecified atom stereocenters. The van der Waals surface area contributed by atoms with E-state index in [0.717, 1.165) is 5.56 Å². The van der Waals surface area contributed by atoms with Crippen LogP contribution in [0, 0.1) is 0 Å². The minimum atomic E-state index is -1.06. The summed E-state index contributed by atoms with van der Waals surface area (Å²) in [5.74, 6) is 0.0652. The Balaban J connectivity index is 2.09. The molecule has 0 fully saturated rings. The molecule has 0 aliphatic rings. The molecule has 2 amide bonds. The Morgan fingerprint density at radius 3 is 2.24 bits per heavy atom. The number of carbonyl (C=O) groups excluding carboxylic acids is 1. The lowest BCUT2D eigenvalue weighted by Gasteiger charge is -2.20. The van der Waals surface area contributed by atoms with Gasteiger partial charge in [0.15, 0.2) is 5.84 Å². The fraction of sp³-hybridized carbons (Fsp3) is 0.300. The van der Waals surface area contributed by atoms with E-state index in [0.29, 0.717) is 22.2 Å². The second kappa shape index (κ2) is 10.3. The van der Waals surface area contributed by atoms with Crippen LogP contribution in [0.3, 0.4) is 0 Å². The largest absolute Gasteiger partial charge is 0.391 e. The zero-order valence-electron chi connectivity index (χ0n) is 16.2. The van der Waals surface area contributed by atoms with Gasteiger partial charge in [-0.15, -0.1) is 0 Å². The van der Waals surface area contributed by atoms with Gasteiger partial charge in [0.05, 0.1) is 11.6 Å². The summed E-state index contributed by atoms with van der Waals surface area (Å²) < 4.78 is 0. The minimum absolute atomic E-state index is 0.0433. The van der Waals surface area contributed by atoms with Gasteiger partial charge in [0, 0.05) is 22.2 Å². The van der Waals surface area contributed by atoms with Crippen LogP contribution >= 0.6 is 23.2 Å². The number of nitrogens with zero attached hydrogens (tertiary/aromatic N) is 1. The normalized spacial score (nSPS) is 12.9. The van der Waals surface area contributed by atoms with Crippen LogP contribution < -0.4 is 16.4 Å². The summed E-state index contributed by atoms with van der Waals surface area (Å²) in [7, 11) is 0. The van der Waals surface area contributed by atoms with E-state index in [1.165, 1.54) is 0 Å². The molecule has 2 aromatic rings. The predicted octanol–water partition coefficient (Wildman–Crippen LogP) is 3.79. The lowest BCUT2D eigenvalue weighted by molar-refractivity contribution is -0.0194. The number of hydrogen-bond donors (Lipinski definition) is 4. The standard InChI is InChI=1S/C20H24Cl2N4O3/c1-20(2,28)12-29-26-18(23)17(11-13-3-5-14(21)6-4-13)25-19(27)24-16-9-7-15(22)8-10-16/h3-10,17,28H,11-12H2,1-2H3,(H2,23,26)(H2,24,25,27). The lowest BCUT2D eigenvalue weighted by Crippen LogP contribution is -2.47. The number of nitrogens with one attached hydrogen (secondary N) is 2. The van der Waals surface area contributed by atoms with Crippen LogP contribution in [-0.2, 0) is 11.3 Å². The van der Waals surface area contributed by atoms with Gasteiger partial charge in [-0.05, 0) is 55.8 Å². The fourth-order valence-corrected chi connectivity index (χ4v) is 2.52. The zero-order valence-corrected chi connectivity index (χ0v) is 17.7. The molecule has 2 rings (SSSR count). The zero-order chi connectivity index (χ0) is 21.4. The van der Waals surface area contributed by atoms with Gasteiger partial charge >= 0.3 is 6.03 Å². The van der Waals surface area contributed by atoms with Crippen molar-refractivity contribution in [3.8, 4) is 0 Å². The van der Waals surface area contributed by atoms with Crippen molar-refractivity contribution >= 4 is 40.8 Å². The fourth-order valence-electron chi connectivity index (χ4n) is 2.27. The molecule has 0 spiro atoms. The number of hydrogen-bond acceptors (Lipinski definition) is 4. The molecule has 156 valence electrons. The third-order valence-corrected chi connectivity index (χ3v) is 4.21. The highest BCUT2D eigenvalue weighted by atomic mass is 35.5. The molecule has 0 bridgehead atoms. The first kappa shape index (κ1) is 22.8. The molecule has 0 radical (unpaired) electrons. The van der Waals surface area contributed by atoms with Gasteiger partial charge in [-0.3, -0.25) is 0 Å². The summed E-state index contributed by atoms with van der Waals surface area (Å²) in [5.41, 5.74) is 6.45. The van der Waals surface area contributed by atoms with Gasteiger partial charge in [0.1, 0.15) is 6.61 Å². The topological polar surface area (TPSA) is 109 Å². The molecule has 7 nitrogen and oxygen atoms in total. The van der Waals surface area contributed by atoms with Crippen molar-refractivity contribution in [1.82, 2.24) is 5.32 Å². The first-order valence-electron chi connectivity index (χ1n) is 8.87. The molecule has 0 aromatic heterocycles. The molecule has 9 heteroatoms.